The van der Waals surface area contributed by atoms with E-state index in [1.54, 1.807) is 12.1 Å². The minimum absolute atomic E-state index is 0.145. The highest BCUT2D eigenvalue weighted by molar-refractivity contribution is 9.09. The van der Waals surface area contributed by atoms with Crippen molar-refractivity contribution in [3.8, 4) is 0 Å². The van der Waals surface area contributed by atoms with Gasteiger partial charge in [0.2, 0.25) is 0 Å². The second-order valence-electron chi connectivity index (χ2n) is 4.95. The average Bonchev–Trinajstić information content (AvgIpc) is 2.50. The highest BCUT2D eigenvalue weighted by Gasteiger charge is 2.33. The van der Waals surface area contributed by atoms with E-state index in [2.05, 4.69) is 22.9 Å². The van der Waals surface area contributed by atoms with Crippen molar-refractivity contribution < 1.29 is 4.39 Å². The summed E-state index contributed by atoms with van der Waals surface area (Å²) >= 11 is 3.68. The Labute approximate surface area is 99.0 Å². The van der Waals surface area contributed by atoms with Crippen molar-refractivity contribution in [3.63, 3.8) is 0 Å². The number of benzene rings is 1. The van der Waals surface area contributed by atoms with Crippen LogP contribution in [0.15, 0.2) is 24.3 Å². The second kappa shape index (κ2) is 4.25. The SMILES string of the molecule is CC1(Cc2ccc(F)cc2)CCC(Br)C1. The first-order valence-electron chi connectivity index (χ1n) is 5.46. The van der Waals surface area contributed by atoms with Crippen LogP contribution in [0.3, 0.4) is 0 Å². The third kappa shape index (κ3) is 2.81. The van der Waals surface area contributed by atoms with Gasteiger partial charge in [0.1, 0.15) is 5.82 Å². The van der Waals surface area contributed by atoms with E-state index in [4.69, 9.17) is 0 Å². The van der Waals surface area contributed by atoms with Crippen molar-refractivity contribution in [1.82, 2.24) is 0 Å². The van der Waals surface area contributed by atoms with Crippen molar-refractivity contribution in [2.45, 2.75) is 37.4 Å². The summed E-state index contributed by atoms with van der Waals surface area (Å²) in [4.78, 5) is 0.669. The van der Waals surface area contributed by atoms with Crippen molar-refractivity contribution in [1.29, 1.82) is 0 Å². The molecule has 2 rings (SSSR count). The highest BCUT2D eigenvalue weighted by atomic mass is 79.9. The maximum atomic E-state index is 12.8. The summed E-state index contributed by atoms with van der Waals surface area (Å²) in [6.45, 7) is 2.33. The minimum atomic E-state index is -0.145. The molecule has 2 unspecified atom stereocenters. The molecule has 0 saturated heterocycles. The number of hydrogen-bond donors (Lipinski definition) is 0. The molecule has 0 nitrogen and oxygen atoms in total. The smallest absolute Gasteiger partial charge is 0.123 e. The molecular weight excluding hydrogens is 255 g/mol. The van der Waals surface area contributed by atoms with Crippen LogP contribution in [-0.2, 0) is 6.42 Å². The van der Waals surface area contributed by atoms with Gasteiger partial charge in [0.05, 0.1) is 0 Å². The first kappa shape index (κ1) is 11.1. The third-order valence-corrected chi connectivity index (χ3v) is 4.10. The Hall–Kier alpha value is -0.370. The van der Waals surface area contributed by atoms with Crippen LogP contribution in [0.5, 0.6) is 0 Å². The molecule has 0 N–H and O–H groups in total. The van der Waals surface area contributed by atoms with Crippen LogP contribution in [0.2, 0.25) is 0 Å². The molecule has 15 heavy (non-hydrogen) atoms. The molecule has 1 saturated carbocycles. The summed E-state index contributed by atoms with van der Waals surface area (Å²) in [5.41, 5.74) is 1.65. The quantitative estimate of drug-likeness (QED) is 0.703. The van der Waals surface area contributed by atoms with Crippen molar-refractivity contribution in [3.05, 3.63) is 35.6 Å². The molecule has 1 aromatic carbocycles. The van der Waals surface area contributed by atoms with E-state index in [-0.39, 0.29) is 5.82 Å². The van der Waals surface area contributed by atoms with Gasteiger partial charge in [0.25, 0.3) is 0 Å². The van der Waals surface area contributed by atoms with E-state index in [0.717, 1.165) is 6.42 Å². The van der Waals surface area contributed by atoms with Gasteiger partial charge in [-0.2, -0.15) is 0 Å². The zero-order valence-corrected chi connectivity index (χ0v) is 10.6. The van der Waals surface area contributed by atoms with Crippen LogP contribution in [0.4, 0.5) is 4.39 Å². The molecule has 0 aliphatic heterocycles. The fraction of sp³-hybridized carbons (Fsp3) is 0.538. The topological polar surface area (TPSA) is 0 Å². The first-order chi connectivity index (χ1) is 7.07. The first-order valence-corrected chi connectivity index (χ1v) is 6.37. The lowest BCUT2D eigenvalue weighted by Gasteiger charge is -2.23. The monoisotopic (exact) mass is 270 g/mol. The van der Waals surface area contributed by atoms with Crippen LogP contribution in [0.25, 0.3) is 0 Å². The van der Waals surface area contributed by atoms with Crippen molar-refractivity contribution in [2.75, 3.05) is 0 Å². The van der Waals surface area contributed by atoms with Gasteiger partial charge in [-0.15, -0.1) is 0 Å². The molecule has 0 bridgehead atoms. The van der Waals surface area contributed by atoms with Gasteiger partial charge in [-0.25, -0.2) is 4.39 Å². The predicted molar refractivity (Wildman–Crippen MR) is 64.8 cm³/mol. The van der Waals surface area contributed by atoms with Crippen LogP contribution in [-0.4, -0.2) is 4.83 Å². The molecule has 0 heterocycles. The van der Waals surface area contributed by atoms with E-state index in [1.165, 1.54) is 24.8 Å². The lowest BCUT2D eigenvalue weighted by Crippen LogP contribution is -2.15. The molecule has 0 amide bonds. The van der Waals surface area contributed by atoms with Crippen molar-refractivity contribution in [2.24, 2.45) is 5.41 Å². The van der Waals surface area contributed by atoms with Crippen molar-refractivity contribution >= 4 is 15.9 Å². The van der Waals surface area contributed by atoms with Crippen LogP contribution < -0.4 is 0 Å². The molecule has 82 valence electrons. The number of halogens is 2. The summed E-state index contributed by atoms with van der Waals surface area (Å²) in [6, 6.07) is 6.92. The lowest BCUT2D eigenvalue weighted by molar-refractivity contribution is 0.336. The normalized spacial score (nSPS) is 30.7. The minimum Gasteiger partial charge on any atom is -0.207 e. The number of rotatable bonds is 2. The zero-order valence-electron chi connectivity index (χ0n) is 8.97. The molecule has 0 radical (unpaired) electrons. The van der Waals surface area contributed by atoms with Crippen LogP contribution in [0.1, 0.15) is 31.7 Å². The molecule has 1 aliphatic carbocycles. The molecule has 2 atom stereocenters. The Morgan fingerprint density at radius 3 is 2.60 bits per heavy atom. The van der Waals surface area contributed by atoms with E-state index in [1.807, 2.05) is 12.1 Å². The van der Waals surface area contributed by atoms with Gasteiger partial charge < -0.3 is 0 Å². The Morgan fingerprint density at radius 1 is 1.40 bits per heavy atom. The van der Waals surface area contributed by atoms with Gasteiger partial charge in [0, 0.05) is 4.83 Å². The van der Waals surface area contributed by atoms with E-state index >= 15 is 0 Å². The van der Waals surface area contributed by atoms with Crippen LogP contribution >= 0.6 is 15.9 Å². The molecular formula is C13H16BrF. The fourth-order valence-electron chi connectivity index (χ4n) is 2.50. The van der Waals surface area contributed by atoms with Gasteiger partial charge in [-0.05, 0) is 48.8 Å². The summed E-state index contributed by atoms with van der Waals surface area (Å²) in [5.74, 6) is -0.145. The lowest BCUT2D eigenvalue weighted by atomic mass is 9.82. The molecule has 1 aromatic rings. The Morgan fingerprint density at radius 2 is 2.07 bits per heavy atom. The standard InChI is InChI=1S/C13H16BrF/c1-13(7-6-11(14)9-13)8-10-2-4-12(15)5-3-10/h2-5,11H,6-9H2,1H3. The Balaban J connectivity index is 2.05. The molecule has 1 aliphatic rings. The summed E-state index contributed by atoms with van der Waals surface area (Å²) in [6.07, 6.45) is 4.82. The predicted octanol–water partition coefficient (Wildman–Crippen LogP) is 4.32. The fourth-order valence-corrected chi connectivity index (χ4v) is 3.51. The van der Waals surface area contributed by atoms with E-state index in [9.17, 15) is 4.39 Å². The van der Waals surface area contributed by atoms with Gasteiger partial charge in [-0.3, -0.25) is 0 Å². The second-order valence-corrected chi connectivity index (χ2v) is 6.25. The highest BCUT2D eigenvalue weighted by Crippen LogP contribution is 2.43. The maximum absolute atomic E-state index is 12.8. The maximum Gasteiger partial charge on any atom is 0.123 e. The number of hydrogen-bond acceptors (Lipinski definition) is 0. The Kier molecular flexibility index (Phi) is 3.15. The molecule has 0 aromatic heterocycles. The summed E-state index contributed by atoms with van der Waals surface area (Å²) in [7, 11) is 0. The molecule has 0 spiro atoms. The number of alkyl halides is 1. The van der Waals surface area contributed by atoms with Gasteiger partial charge in [-0.1, -0.05) is 35.0 Å². The molecule has 1 fully saturated rings. The van der Waals surface area contributed by atoms with E-state index < -0.39 is 0 Å². The largest absolute Gasteiger partial charge is 0.207 e. The van der Waals surface area contributed by atoms with Gasteiger partial charge in [0.15, 0.2) is 0 Å². The Bertz CT molecular complexity index is 333. The van der Waals surface area contributed by atoms with E-state index in [0.29, 0.717) is 10.2 Å². The zero-order chi connectivity index (χ0) is 10.9. The van der Waals surface area contributed by atoms with Crippen LogP contribution in [0, 0.1) is 11.2 Å². The third-order valence-electron chi connectivity index (χ3n) is 3.32. The molecule has 2 heteroatoms. The summed E-state index contributed by atoms with van der Waals surface area (Å²) in [5, 5.41) is 0. The van der Waals surface area contributed by atoms with Gasteiger partial charge >= 0.3 is 0 Å². The average molecular weight is 271 g/mol. The summed E-state index contributed by atoms with van der Waals surface area (Å²) < 4.78 is 12.8.